The van der Waals surface area contributed by atoms with Crippen LogP contribution in [0.15, 0.2) is 47.3 Å². The molecule has 0 aliphatic heterocycles. The van der Waals surface area contributed by atoms with Crippen LogP contribution < -0.4 is 5.56 Å². The number of fused-ring (bicyclic) bond motifs is 1. The fourth-order valence-corrected chi connectivity index (χ4v) is 3.31. The van der Waals surface area contributed by atoms with E-state index in [-0.39, 0.29) is 23.8 Å². The number of nitrogens with zero attached hydrogens (tertiary/aromatic N) is 1. The Bertz CT molecular complexity index is 1040. The van der Waals surface area contributed by atoms with Gasteiger partial charge in [0, 0.05) is 29.4 Å². The molecule has 3 aromatic rings. The maximum absolute atomic E-state index is 13.1. The summed E-state index contributed by atoms with van der Waals surface area (Å²) in [4.78, 5) is 29.5. The first-order valence-corrected chi connectivity index (χ1v) is 9.02. The summed E-state index contributed by atoms with van der Waals surface area (Å²) < 4.78 is 13.1. The molecule has 0 saturated heterocycles. The van der Waals surface area contributed by atoms with Gasteiger partial charge in [-0.15, -0.1) is 0 Å². The van der Waals surface area contributed by atoms with Crippen molar-refractivity contribution in [3.63, 3.8) is 0 Å². The number of aryl methyl sites for hydroxylation is 2. The third-order valence-corrected chi connectivity index (χ3v) is 4.69. The van der Waals surface area contributed by atoms with E-state index in [1.807, 2.05) is 26.0 Å². The first-order valence-electron chi connectivity index (χ1n) is 9.02. The molecule has 0 saturated carbocycles. The molecule has 140 valence electrons. The number of H-pyrrole nitrogens is 1. The molecular formula is C22H23FN2O2. The Kier molecular flexibility index (Phi) is 5.40. The molecule has 0 fully saturated rings. The minimum Gasteiger partial charge on any atom is -0.334 e. The lowest BCUT2D eigenvalue weighted by Crippen LogP contribution is -2.32. The minimum atomic E-state index is -0.316. The van der Waals surface area contributed by atoms with Crippen LogP contribution in [-0.4, -0.2) is 15.8 Å². The number of amides is 1. The Morgan fingerprint density at radius 1 is 1.07 bits per heavy atom. The van der Waals surface area contributed by atoms with E-state index in [1.54, 1.807) is 24.0 Å². The Labute approximate surface area is 157 Å². The summed E-state index contributed by atoms with van der Waals surface area (Å²) in [5.74, 6) is -0.372. The molecule has 0 spiro atoms. The second-order valence-electron chi connectivity index (χ2n) is 6.90. The third-order valence-electron chi connectivity index (χ3n) is 4.69. The summed E-state index contributed by atoms with van der Waals surface area (Å²) in [6, 6.07) is 11.9. The quantitative estimate of drug-likeness (QED) is 0.735. The summed E-state index contributed by atoms with van der Waals surface area (Å²) in [5.41, 5.74) is 4.13. The SMILES string of the molecule is CCC(=O)N(Cc1ccc(F)cc1)Cc1cc2c(C)cc(C)cc2[nH]c1=O. The topological polar surface area (TPSA) is 53.2 Å². The molecule has 0 atom stereocenters. The maximum atomic E-state index is 13.1. The molecule has 1 amide bonds. The summed E-state index contributed by atoms with van der Waals surface area (Å²) >= 11 is 0. The minimum absolute atomic E-state index is 0.0561. The van der Waals surface area contributed by atoms with Gasteiger partial charge in [-0.1, -0.05) is 25.1 Å². The van der Waals surface area contributed by atoms with Crippen molar-refractivity contribution in [2.75, 3.05) is 0 Å². The Balaban J connectivity index is 1.95. The van der Waals surface area contributed by atoms with E-state index in [4.69, 9.17) is 0 Å². The van der Waals surface area contributed by atoms with Crippen molar-refractivity contribution in [2.45, 2.75) is 40.3 Å². The van der Waals surface area contributed by atoms with E-state index < -0.39 is 0 Å². The summed E-state index contributed by atoms with van der Waals surface area (Å²) in [6.07, 6.45) is 0.338. The predicted octanol–water partition coefficient (Wildman–Crippen LogP) is 4.22. The first kappa shape index (κ1) is 18.8. The molecule has 0 aliphatic carbocycles. The number of aromatic nitrogens is 1. The second-order valence-corrected chi connectivity index (χ2v) is 6.90. The lowest BCUT2D eigenvalue weighted by molar-refractivity contribution is -0.132. The largest absolute Gasteiger partial charge is 0.334 e. The molecular weight excluding hydrogens is 343 g/mol. The van der Waals surface area contributed by atoms with Crippen molar-refractivity contribution >= 4 is 16.8 Å². The van der Waals surface area contributed by atoms with E-state index in [2.05, 4.69) is 11.1 Å². The van der Waals surface area contributed by atoms with Gasteiger partial charge < -0.3 is 9.88 Å². The van der Waals surface area contributed by atoms with Crippen LogP contribution in [0.1, 0.15) is 35.6 Å². The number of pyridine rings is 1. The van der Waals surface area contributed by atoms with Crippen LogP contribution in [0.5, 0.6) is 0 Å². The highest BCUT2D eigenvalue weighted by Gasteiger charge is 2.16. The highest BCUT2D eigenvalue weighted by molar-refractivity contribution is 5.83. The molecule has 3 rings (SSSR count). The van der Waals surface area contributed by atoms with E-state index in [9.17, 15) is 14.0 Å². The van der Waals surface area contributed by atoms with Crippen LogP contribution in [0.4, 0.5) is 4.39 Å². The molecule has 1 aromatic heterocycles. The lowest BCUT2D eigenvalue weighted by atomic mass is 10.0. The molecule has 0 bridgehead atoms. The van der Waals surface area contributed by atoms with Crippen LogP contribution in [-0.2, 0) is 17.9 Å². The van der Waals surface area contributed by atoms with Gasteiger partial charge in [-0.2, -0.15) is 0 Å². The van der Waals surface area contributed by atoms with Crippen LogP contribution in [0.25, 0.3) is 10.9 Å². The number of carbonyl (C=O) groups excluding carboxylic acids is 1. The summed E-state index contributed by atoms with van der Waals surface area (Å²) in [6.45, 7) is 6.32. The molecule has 27 heavy (non-hydrogen) atoms. The van der Waals surface area contributed by atoms with Gasteiger partial charge in [0.25, 0.3) is 5.56 Å². The first-order chi connectivity index (χ1) is 12.9. The lowest BCUT2D eigenvalue weighted by Gasteiger charge is -2.22. The number of hydrogen-bond acceptors (Lipinski definition) is 2. The average Bonchev–Trinajstić information content (AvgIpc) is 2.63. The zero-order valence-electron chi connectivity index (χ0n) is 15.8. The third kappa shape index (κ3) is 4.25. The normalized spacial score (nSPS) is 11.0. The number of rotatable bonds is 5. The standard InChI is InChI=1S/C22H23FN2O2/c1-4-21(26)25(12-16-5-7-18(23)8-6-16)13-17-11-19-15(3)9-14(2)10-20(19)24-22(17)27/h5-11H,4,12-13H2,1-3H3,(H,24,27). The number of carbonyl (C=O) groups is 1. The van der Waals surface area contributed by atoms with Gasteiger partial charge in [0.2, 0.25) is 5.91 Å². The predicted molar refractivity (Wildman–Crippen MR) is 105 cm³/mol. The van der Waals surface area contributed by atoms with Gasteiger partial charge in [0.1, 0.15) is 5.82 Å². The van der Waals surface area contributed by atoms with Gasteiger partial charge in [-0.05, 0) is 54.8 Å². The van der Waals surface area contributed by atoms with Crippen molar-refractivity contribution in [2.24, 2.45) is 0 Å². The summed E-state index contributed by atoms with van der Waals surface area (Å²) in [5, 5.41) is 0.973. The molecule has 5 heteroatoms. The van der Waals surface area contributed by atoms with Crippen LogP contribution >= 0.6 is 0 Å². The smallest absolute Gasteiger partial charge is 0.253 e. The van der Waals surface area contributed by atoms with E-state index in [0.717, 1.165) is 27.6 Å². The maximum Gasteiger partial charge on any atom is 0.253 e. The van der Waals surface area contributed by atoms with Gasteiger partial charge in [-0.25, -0.2) is 4.39 Å². The van der Waals surface area contributed by atoms with E-state index in [0.29, 0.717) is 18.5 Å². The molecule has 2 aromatic carbocycles. The number of hydrogen-bond donors (Lipinski definition) is 1. The Morgan fingerprint density at radius 2 is 1.78 bits per heavy atom. The zero-order valence-corrected chi connectivity index (χ0v) is 15.8. The van der Waals surface area contributed by atoms with Gasteiger partial charge in [0.15, 0.2) is 0 Å². The number of nitrogens with one attached hydrogen (secondary N) is 1. The van der Waals surface area contributed by atoms with Crippen molar-refractivity contribution in [1.82, 2.24) is 9.88 Å². The van der Waals surface area contributed by atoms with Crippen molar-refractivity contribution < 1.29 is 9.18 Å². The zero-order chi connectivity index (χ0) is 19.6. The average molecular weight is 366 g/mol. The van der Waals surface area contributed by atoms with Crippen molar-refractivity contribution in [3.05, 3.63) is 80.9 Å². The number of aromatic amines is 1. The van der Waals surface area contributed by atoms with Gasteiger partial charge in [0.05, 0.1) is 6.54 Å². The van der Waals surface area contributed by atoms with Crippen LogP contribution in [0, 0.1) is 19.7 Å². The molecule has 1 N–H and O–H groups in total. The van der Waals surface area contributed by atoms with Gasteiger partial charge in [-0.3, -0.25) is 9.59 Å². The number of benzene rings is 2. The highest BCUT2D eigenvalue weighted by Crippen LogP contribution is 2.19. The second kappa shape index (κ2) is 7.74. The van der Waals surface area contributed by atoms with Crippen molar-refractivity contribution in [1.29, 1.82) is 0 Å². The number of halogens is 1. The summed E-state index contributed by atoms with van der Waals surface area (Å²) in [7, 11) is 0. The van der Waals surface area contributed by atoms with Crippen LogP contribution in [0.3, 0.4) is 0 Å². The van der Waals surface area contributed by atoms with Crippen LogP contribution in [0.2, 0.25) is 0 Å². The Hall–Kier alpha value is -2.95. The van der Waals surface area contributed by atoms with E-state index in [1.165, 1.54) is 12.1 Å². The Morgan fingerprint density at radius 3 is 2.44 bits per heavy atom. The molecule has 0 aliphatic rings. The molecule has 4 nitrogen and oxygen atoms in total. The van der Waals surface area contributed by atoms with Gasteiger partial charge >= 0.3 is 0 Å². The fourth-order valence-electron chi connectivity index (χ4n) is 3.31. The van der Waals surface area contributed by atoms with E-state index >= 15 is 0 Å². The fraction of sp³-hybridized carbons (Fsp3) is 0.273. The molecule has 0 radical (unpaired) electrons. The van der Waals surface area contributed by atoms with Crippen molar-refractivity contribution in [3.8, 4) is 0 Å². The monoisotopic (exact) mass is 366 g/mol. The molecule has 1 heterocycles. The highest BCUT2D eigenvalue weighted by atomic mass is 19.1. The molecule has 0 unspecified atom stereocenters.